The van der Waals surface area contributed by atoms with Gasteiger partial charge in [-0.25, -0.2) is 0 Å². The van der Waals surface area contributed by atoms with Gasteiger partial charge in [0.15, 0.2) is 0 Å². The Kier molecular flexibility index (Phi) is 5.84. The average molecular weight is 337 g/mol. The number of benzene rings is 2. The summed E-state index contributed by atoms with van der Waals surface area (Å²) in [6.45, 7) is 7.50. The van der Waals surface area contributed by atoms with Crippen LogP contribution in [0.1, 0.15) is 23.1 Å². The van der Waals surface area contributed by atoms with Crippen LogP contribution < -0.4 is 10.6 Å². The molecule has 0 aromatic heterocycles. The number of hydrogen-bond acceptors (Lipinski definition) is 3. The van der Waals surface area contributed by atoms with Gasteiger partial charge in [-0.2, -0.15) is 0 Å². The van der Waals surface area contributed by atoms with E-state index in [-0.39, 0.29) is 5.91 Å². The zero-order valence-electron chi connectivity index (χ0n) is 15.1. The molecule has 2 N–H and O–H groups in total. The molecule has 1 atom stereocenters. The lowest BCUT2D eigenvalue weighted by atomic mass is 10.1. The van der Waals surface area contributed by atoms with Crippen LogP contribution in [0.5, 0.6) is 0 Å². The molecule has 25 heavy (non-hydrogen) atoms. The van der Waals surface area contributed by atoms with Gasteiger partial charge in [-0.15, -0.1) is 0 Å². The summed E-state index contributed by atoms with van der Waals surface area (Å²) in [5.74, 6) is 0.0233. The lowest BCUT2D eigenvalue weighted by Gasteiger charge is -2.17. The van der Waals surface area contributed by atoms with Gasteiger partial charge in [0.25, 0.3) is 0 Å². The van der Waals surface area contributed by atoms with Crippen molar-refractivity contribution in [2.24, 2.45) is 0 Å². The molecule has 132 valence electrons. The van der Waals surface area contributed by atoms with Crippen LogP contribution in [0, 0.1) is 13.8 Å². The maximum absolute atomic E-state index is 12.2. The lowest BCUT2D eigenvalue weighted by Crippen LogP contribution is -2.38. The van der Waals surface area contributed by atoms with E-state index in [0.717, 1.165) is 37.3 Å². The Morgan fingerprint density at radius 1 is 1.12 bits per heavy atom. The van der Waals surface area contributed by atoms with Gasteiger partial charge in [0, 0.05) is 31.4 Å². The Bertz CT molecular complexity index is 714. The number of hydrogen-bond donors (Lipinski definition) is 2. The number of carbonyl (C=O) groups is 1. The van der Waals surface area contributed by atoms with Crippen molar-refractivity contribution in [2.45, 2.75) is 32.9 Å². The third kappa shape index (κ3) is 4.91. The van der Waals surface area contributed by atoms with Crippen LogP contribution >= 0.6 is 0 Å². The van der Waals surface area contributed by atoms with Gasteiger partial charge in [-0.3, -0.25) is 9.69 Å². The molecule has 1 fully saturated rings. The number of aryl methyl sites for hydroxylation is 1. The molecule has 1 heterocycles. The molecule has 0 bridgehead atoms. The zero-order chi connectivity index (χ0) is 17.6. The van der Waals surface area contributed by atoms with Gasteiger partial charge in [-0.1, -0.05) is 42.5 Å². The molecule has 1 unspecified atom stereocenters. The Morgan fingerprint density at radius 3 is 2.72 bits per heavy atom. The first-order valence-electron chi connectivity index (χ1n) is 8.97. The normalized spacial score (nSPS) is 17.6. The lowest BCUT2D eigenvalue weighted by molar-refractivity contribution is -0.115. The molecule has 0 saturated carbocycles. The second kappa shape index (κ2) is 8.28. The highest BCUT2D eigenvalue weighted by Gasteiger charge is 2.22. The van der Waals surface area contributed by atoms with E-state index in [0.29, 0.717) is 12.6 Å². The van der Waals surface area contributed by atoms with Crippen molar-refractivity contribution in [1.82, 2.24) is 10.2 Å². The summed E-state index contributed by atoms with van der Waals surface area (Å²) in [5.41, 5.74) is 4.57. The predicted molar refractivity (Wildman–Crippen MR) is 103 cm³/mol. The molecular weight excluding hydrogens is 310 g/mol. The van der Waals surface area contributed by atoms with Crippen molar-refractivity contribution in [3.8, 4) is 0 Å². The second-order valence-corrected chi connectivity index (χ2v) is 6.88. The van der Waals surface area contributed by atoms with E-state index in [9.17, 15) is 4.79 Å². The highest BCUT2D eigenvalue weighted by molar-refractivity contribution is 5.93. The van der Waals surface area contributed by atoms with Gasteiger partial charge >= 0.3 is 0 Å². The number of anilines is 1. The van der Waals surface area contributed by atoms with Crippen molar-refractivity contribution in [3.63, 3.8) is 0 Å². The van der Waals surface area contributed by atoms with E-state index >= 15 is 0 Å². The fourth-order valence-corrected chi connectivity index (χ4v) is 3.30. The quantitative estimate of drug-likeness (QED) is 0.851. The Morgan fingerprint density at radius 2 is 1.92 bits per heavy atom. The molecule has 1 saturated heterocycles. The molecular formula is C21H27N3O. The Labute approximate surface area is 150 Å². The Balaban J connectivity index is 1.43. The number of nitrogens with one attached hydrogen (secondary N) is 2. The minimum atomic E-state index is 0.0233. The topological polar surface area (TPSA) is 44.4 Å². The largest absolute Gasteiger partial charge is 0.325 e. The minimum absolute atomic E-state index is 0.0233. The van der Waals surface area contributed by atoms with Gasteiger partial charge in [0.2, 0.25) is 5.91 Å². The van der Waals surface area contributed by atoms with E-state index in [4.69, 9.17) is 0 Å². The second-order valence-electron chi connectivity index (χ2n) is 6.88. The average Bonchev–Trinajstić information content (AvgIpc) is 3.05. The van der Waals surface area contributed by atoms with Gasteiger partial charge in [0.05, 0.1) is 6.54 Å². The molecule has 2 aromatic rings. The van der Waals surface area contributed by atoms with Crippen LogP contribution in [0.2, 0.25) is 0 Å². The first-order valence-corrected chi connectivity index (χ1v) is 8.97. The number of amides is 1. The van der Waals surface area contributed by atoms with E-state index in [1.54, 1.807) is 0 Å². The fourth-order valence-electron chi connectivity index (χ4n) is 3.30. The molecule has 2 aromatic carbocycles. The summed E-state index contributed by atoms with van der Waals surface area (Å²) in [7, 11) is 0. The van der Waals surface area contributed by atoms with Gasteiger partial charge in [-0.05, 0) is 43.0 Å². The predicted octanol–water partition coefficient (Wildman–Crippen LogP) is 3.11. The number of likely N-dealkylation sites (tertiary alicyclic amines) is 1. The summed E-state index contributed by atoms with van der Waals surface area (Å²) >= 11 is 0. The summed E-state index contributed by atoms with van der Waals surface area (Å²) in [4.78, 5) is 14.7. The molecule has 1 amide bonds. The van der Waals surface area contributed by atoms with Crippen molar-refractivity contribution in [1.29, 1.82) is 0 Å². The smallest absolute Gasteiger partial charge is 0.238 e. The van der Waals surface area contributed by atoms with Crippen molar-refractivity contribution in [2.75, 3.05) is 25.0 Å². The van der Waals surface area contributed by atoms with Crippen molar-refractivity contribution >= 4 is 11.6 Å². The van der Waals surface area contributed by atoms with Crippen molar-refractivity contribution in [3.05, 3.63) is 65.2 Å². The van der Waals surface area contributed by atoms with Crippen LogP contribution in [-0.4, -0.2) is 36.5 Å². The van der Waals surface area contributed by atoms with E-state index in [1.165, 1.54) is 11.1 Å². The molecule has 0 radical (unpaired) electrons. The van der Waals surface area contributed by atoms with E-state index < -0.39 is 0 Å². The number of rotatable bonds is 6. The molecule has 4 heteroatoms. The van der Waals surface area contributed by atoms with Crippen LogP contribution in [-0.2, 0) is 11.3 Å². The first-order chi connectivity index (χ1) is 12.1. The standard InChI is InChI=1S/C21H27N3O/c1-16-7-6-10-20(17(16)2)23-21(25)13-22-19-11-12-24(15-19)14-18-8-4-3-5-9-18/h3-10,19,22H,11-15H2,1-2H3,(H,23,25). The molecule has 0 spiro atoms. The van der Waals surface area contributed by atoms with E-state index in [1.807, 2.05) is 25.1 Å². The Hall–Kier alpha value is -2.17. The number of carbonyl (C=O) groups excluding carboxylic acids is 1. The summed E-state index contributed by atoms with van der Waals surface area (Å²) in [5, 5.41) is 6.41. The van der Waals surface area contributed by atoms with Crippen LogP contribution in [0.25, 0.3) is 0 Å². The molecule has 1 aliphatic rings. The van der Waals surface area contributed by atoms with Crippen LogP contribution in [0.3, 0.4) is 0 Å². The third-order valence-electron chi connectivity index (χ3n) is 4.95. The summed E-state index contributed by atoms with van der Waals surface area (Å²) in [6, 6.07) is 16.9. The van der Waals surface area contributed by atoms with Gasteiger partial charge < -0.3 is 10.6 Å². The summed E-state index contributed by atoms with van der Waals surface area (Å²) in [6.07, 6.45) is 1.09. The maximum Gasteiger partial charge on any atom is 0.238 e. The SMILES string of the molecule is Cc1cccc(NC(=O)CNC2CCN(Cc3ccccc3)C2)c1C. The maximum atomic E-state index is 12.2. The highest BCUT2D eigenvalue weighted by Crippen LogP contribution is 2.18. The molecule has 3 rings (SSSR count). The van der Waals surface area contributed by atoms with E-state index in [2.05, 4.69) is 52.8 Å². The highest BCUT2D eigenvalue weighted by atomic mass is 16.1. The van der Waals surface area contributed by atoms with Crippen LogP contribution in [0.4, 0.5) is 5.69 Å². The third-order valence-corrected chi connectivity index (χ3v) is 4.95. The minimum Gasteiger partial charge on any atom is -0.325 e. The molecule has 1 aliphatic heterocycles. The van der Waals surface area contributed by atoms with Crippen LogP contribution in [0.15, 0.2) is 48.5 Å². The molecule has 0 aliphatic carbocycles. The zero-order valence-corrected chi connectivity index (χ0v) is 15.1. The first kappa shape index (κ1) is 17.6. The fraction of sp³-hybridized carbons (Fsp3) is 0.381. The number of nitrogens with zero attached hydrogens (tertiary/aromatic N) is 1. The monoisotopic (exact) mass is 337 g/mol. The van der Waals surface area contributed by atoms with Crippen molar-refractivity contribution < 1.29 is 4.79 Å². The molecule has 4 nitrogen and oxygen atoms in total. The van der Waals surface area contributed by atoms with Gasteiger partial charge in [0.1, 0.15) is 0 Å². The summed E-state index contributed by atoms with van der Waals surface area (Å²) < 4.78 is 0.